The van der Waals surface area contributed by atoms with Crippen molar-refractivity contribution >= 4 is 23.7 Å². The second kappa shape index (κ2) is 9.44. The fraction of sp³-hybridized carbons (Fsp3) is 0.462. The van der Waals surface area contributed by atoms with Crippen molar-refractivity contribution in [2.75, 3.05) is 31.1 Å². The number of anilines is 1. The first kappa shape index (κ1) is 22.4. The lowest BCUT2D eigenvalue weighted by molar-refractivity contribution is -0.138. The van der Waals surface area contributed by atoms with Gasteiger partial charge >= 0.3 is 6.03 Å². The van der Waals surface area contributed by atoms with E-state index in [1.807, 2.05) is 53.4 Å². The highest BCUT2D eigenvalue weighted by molar-refractivity contribution is 6.07. The maximum atomic E-state index is 13.4. The molecule has 4 heterocycles. The van der Waals surface area contributed by atoms with Gasteiger partial charge in [0.05, 0.1) is 5.92 Å². The van der Waals surface area contributed by atoms with E-state index in [0.717, 1.165) is 30.8 Å². The molecule has 0 saturated carbocycles. The number of benzene rings is 1. The molecular weight excluding hydrogens is 430 g/mol. The average Bonchev–Trinajstić information content (AvgIpc) is 3.18. The van der Waals surface area contributed by atoms with Crippen LogP contribution in [0.5, 0.6) is 0 Å². The predicted molar refractivity (Wildman–Crippen MR) is 128 cm³/mol. The number of pyridine rings is 1. The van der Waals surface area contributed by atoms with Crippen LogP contribution < -0.4 is 15.5 Å². The van der Waals surface area contributed by atoms with Gasteiger partial charge in [-0.05, 0) is 49.3 Å². The molecular formula is C26H31N5O3. The molecule has 0 unspecified atom stereocenters. The Kier molecular flexibility index (Phi) is 6.22. The lowest BCUT2D eigenvalue weighted by atomic mass is 9.74. The number of aromatic nitrogens is 1. The molecule has 178 valence electrons. The van der Waals surface area contributed by atoms with Crippen molar-refractivity contribution in [1.29, 1.82) is 0 Å². The van der Waals surface area contributed by atoms with E-state index in [1.54, 1.807) is 6.20 Å². The maximum Gasteiger partial charge on any atom is 0.322 e. The molecule has 5 rings (SSSR count). The first-order chi connectivity index (χ1) is 16.5. The molecule has 4 amide bonds. The zero-order valence-electron chi connectivity index (χ0n) is 19.3. The van der Waals surface area contributed by atoms with Gasteiger partial charge in [-0.2, -0.15) is 0 Å². The van der Waals surface area contributed by atoms with E-state index in [1.165, 1.54) is 0 Å². The van der Waals surface area contributed by atoms with Crippen molar-refractivity contribution in [3.8, 4) is 0 Å². The third-order valence-electron chi connectivity index (χ3n) is 7.54. The van der Waals surface area contributed by atoms with E-state index < -0.39 is 11.6 Å². The number of nitrogens with one attached hydrogen (secondary N) is 2. The molecule has 0 spiro atoms. The fourth-order valence-electron chi connectivity index (χ4n) is 5.76. The number of piperidine rings is 2. The van der Waals surface area contributed by atoms with Crippen LogP contribution >= 0.6 is 0 Å². The number of hydrogen-bond donors (Lipinski definition) is 2. The van der Waals surface area contributed by atoms with Crippen molar-refractivity contribution in [3.05, 3.63) is 60.3 Å². The van der Waals surface area contributed by atoms with Crippen LogP contribution in [-0.2, 0) is 16.0 Å². The summed E-state index contributed by atoms with van der Waals surface area (Å²) in [5, 5.41) is 5.40. The Morgan fingerprint density at radius 3 is 2.44 bits per heavy atom. The second-order valence-corrected chi connectivity index (χ2v) is 9.61. The Hall–Kier alpha value is -3.42. The van der Waals surface area contributed by atoms with E-state index in [2.05, 4.69) is 20.5 Å². The minimum absolute atomic E-state index is 0.0282. The minimum atomic E-state index is -0.964. The summed E-state index contributed by atoms with van der Waals surface area (Å²) in [6.07, 6.45) is 5.46. The Balaban J connectivity index is 1.24. The standard InChI is InChI=1S/C26H31N5O3/c32-23(20-9-6-14-31(18-20)22-10-4-5-13-27-22)30-15-11-21(12-16-30)26(24(33)28-25(34)29-26)17-19-7-2-1-3-8-19/h1-5,7-8,10,13,20-21H,6,9,11-12,14-18H2,(H2,28,29,33,34)/t20-,26-/m0/s1. The van der Waals surface area contributed by atoms with Gasteiger partial charge in [0.1, 0.15) is 11.4 Å². The highest BCUT2D eigenvalue weighted by atomic mass is 16.2. The summed E-state index contributed by atoms with van der Waals surface area (Å²) in [4.78, 5) is 47.0. The number of nitrogens with zero attached hydrogens (tertiary/aromatic N) is 3. The summed E-state index contributed by atoms with van der Waals surface area (Å²) in [6.45, 7) is 2.80. The van der Waals surface area contributed by atoms with Gasteiger partial charge in [-0.25, -0.2) is 9.78 Å². The smallest absolute Gasteiger partial charge is 0.322 e. The first-order valence-corrected chi connectivity index (χ1v) is 12.2. The Morgan fingerprint density at radius 1 is 1.00 bits per heavy atom. The normalized spacial score (nSPS) is 25.7. The molecule has 3 fully saturated rings. The lowest BCUT2D eigenvalue weighted by Crippen LogP contribution is -2.58. The summed E-state index contributed by atoms with van der Waals surface area (Å²) in [5.74, 6) is 0.782. The van der Waals surface area contributed by atoms with Crippen LogP contribution in [0.2, 0.25) is 0 Å². The van der Waals surface area contributed by atoms with Gasteiger partial charge in [-0.3, -0.25) is 14.9 Å². The third-order valence-corrected chi connectivity index (χ3v) is 7.54. The Labute approximate surface area is 199 Å². The molecule has 3 saturated heterocycles. The Morgan fingerprint density at radius 2 is 1.76 bits per heavy atom. The van der Waals surface area contributed by atoms with Gasteiger partial charge in [0, 0.05) is 38.8 Å². The number of urea groups is 1. The molecule has 1 aromatic carbocycles. The van der Waals surface area contributed by atoms with Crippen molar-refractivity contribution in [2.24, 2.45) is 11.8 Å². The molecule has 1 aromatic heterocycles. The quantitative estimate of drug-likeness (QED) is 0.667. The van der Waals surface area contributed by atoms with Gasteiger partial charge in [0.15, 0.2) is 0 Å². The van der Waals surface area contributed by atoms with Gasteiger partial charge in [0.2, 0.25) is 5.91 Å². The molecule has 34 heavy (non-hydrogen) atoms. The third kappa shape index (κ3) is 4.36. The SMILES string of the molecule is O=C1NC(=O)[C@](Cc2ccccc2)(C2CCN(C(=O)[C@H]3CCCN(c4ccccn4)C3)CC2)N1. The van der Waals surface area contributed by atoms with E-state index in [9.17, 15) is 14.4 Å². The summed E-state index contributed by atoms with van der Waals surface area (Å²) in [6, 6.07) is 15.2. The summed E-state index contributed by atoms with van der Waals surface area (Å²) < 4.78 is 0. The summed E-state index contributed by atoms with van der Waals surface area (Å²) >= 11 is 0. The molecule has 3 aliphatic rings. The van der Waals surface area contributed by atoms with E-state index in [4.69, 9.17) is 0 Å². The van der Waals surface area contributed by atoms with Crippen LogP contribution in [0.1, 0.15) is 31.2 Å². The average molecular weight is 462 g/mol. The summed E-state index contributed by atoms with van der Waals surface area (Å²) in [5.41, 5.74) is 0.0453. The topological polar surface area (TPSA) is 94.6 Å². The Bertz CT molecular complexity index is 1040. The van der Waals surface area contributed by atoms with Gasteiger partial charge in [-0.1, -0.05) is 36.4 Å². The molecule has 3 aliphatic heterocycles. The molecule has 8 nitrogen and oxygen atoms in total. The van der Waals surface area contributed by atoms with Crippen LogP contribution in [0.4, 0.5) is 10.6 Å². The van der Waals surface area contributed by atoms with Crippen LogP contribution in [-0.4, -0.2) is 59.4 Å². The van der Waals surface area contributed by atoms with Crippen molar-refractivity contribution in [3.63, 3.8) is 0 Å². The molecule has 0 radical (unpaired) electrons. The van der Waals surface area contributed by atoms with Crippen LogP contribution in [0.15, 0.2) is 54.7 Å². The second-order valence-electron chi connectivity index (χ2n) is 9.61. The summed E-state index contributed by atoms with van der Waals surface area (Å²) in [7, 11) is 0. The number of hydrogen-bond acceptors (Lipinski definition) is 5. The number of rotatable bonds is 5. The van der Waals surface area contributed by atoms with Gasteiger partial charge < -0.3 is 15.1 Å². The first-order valence-electron chi connectivity index (χ1n) is 12.2. The van der Waals surface area contributed by atoms with Gasteiger partial charge in [0.25, 0.3) is 5.91 Å². The van der Waals surface area contributed by atoms with E-state index in [0.29, 0.717) is 38.9 Å². The number of carbonyl (C=O) groups excluding carboxylic acids is 3. The number of imide groups is 1. The molecule has 2 aromatic rings. The molecule has 2 atom stereocenters. The maximum absolute atomic E-state index is 13.4. The lowest BCUT2D eigenvalue weighted by Gasteiger charge is -2.42. The minimum Gasteiger partial charge on any atom is -0.356 e. The highest BCUT2D eigenvalue weighted by Gasteiger charge is 2.52. The largest absolute Gasteiger partial charge is 0.356 e. The van der Waals surface area contributed by atoms with Crippen molar-refractivity contribution in [2.45, 2.75) is 37.6 Å². The molecule has 2 N–H and O–H groups in total. The molecule has 0 aliphatic carbocycles. The molecule has 0 bridgehead atoms. The van der Waals surface area contributed by atoms with Crippen molar-refractivity contribution in [1.82, 2.24) is 20.5 Å². The monoisotopic (exact) mass is 461 g/mol. The van der Waals surface area contributed by atoms with Gasteiger partial charge in [-0.15, -0.1) is 0 Å². The molecule has 8 heteroatoms. The highest BCUT2D eigenvalue weighted by Crippen LogP contribution is 2.35. The van der Waals surface area contributed by atoms with Crippen LogP contribution in [0.25, 0.3) is 0 Å². The van der Waals surface area contributed by atoms with E-state index in [-0.39, 0.29) is 23.7 Å². The number of likely N-dealkylation sites (tertiary alicyclic amines) is 1. The number of amides is 4. The van der Waals surface area contributed by atoms with Crippen LogP contribution in [0.3, 0.4) is 0 Å². The zero-order chi connectivity index (χ0) is 23.5. The fourth-order valence-corrected chi connectivity index (χ4v) is 5.76. The van der Waals surface area contributed by atoms with E-state index >= 15 is 0 Å². The van der Waals surface area contributed by atoms with Crippen molar-refractivity contribution < 1.29 is 14.4 Å². The zero-order valence-corrected chi connectivity index (χ0v) is 19.3. The number of carbonyl (C=O) groups is 3. The van der Waals surface area contributed by atoms with Crippen LogP contribution in [0, 0.1) is 11.8 Å². The predicted octanol–water partition coefficient (Wildman–Crippen LogP) is 2.36.